The number of halogens is 1. The molecule has 148 valence electrons. The van der Waals surface area contributed by atoms with E-state index in [1.165, 1.54) is 4.80 Å². The van der Waals surface area contributed by atoms with Gasteiger partial charge in [0.2, 0.25) is 17.6 Å². The summed E-state index contributed by atoms with van der Waals surface area (Å²) in [5, 5.41) is 15.9. The third-order valence-electron chi connectivity index (χ3n) is 4.87. The standard InChI is InChI=1S/C18H22ClN7O2/c19-14-3-1-13(2-4-14)18-21-23-26(22-18)12-17(28)25-9-7-24(8-10-25)11-16(27)20-15-5-6-15/h1-4,15H,5-12H2,(H,20,27). The molecule has 2 fully saturated rings. The number of tetrazole rings is 1. The summed E-state index contributed by atoms with van der Waals surface area (Å²) in [4.78, 5) is 29.6. The average Bonchev–Trinajstić information content (AvgIpc) is 3.37. The zero-order valence-electron chi connectivity index (χ0n) is 15.4. The van der Waals surface area contributed by atoms with Crippen molar-refractivity contribution in [2.24, 2.45) is 0 Å². The maximum Gasteiger partial charge on any atom is 0.246 e. The number of nitrogens with zero attached hydrogens (tertiary/aromatic N) is 6. The summed E-state index contributed by atoms with van der Waals surface area (Å²) in [5.74, 6) is 0.474. The van der Waals surface area contributed by atoms with Crippen LogP contribution < -0.4 is 5.32 Å². The van der Waals surface area contributed by atoms with Gasteiger partial charge in [0.1, 0.15) is 6.54 Å². The molecular weight excluding hydrogens is 382 g/mol. The van der Waals surface area contributed by atoms with E-state index in [9.17, 15) is 9.59 Å². The molecular formula is C18H22ClN7O2. The third kappa shape index (κ3) is 4.85. The van der Waals surface area contributed by atoms with Crippen molar-refractivity contribution in [3.05, 3.63) is 29.3 Å². The lowest BCUT2D eigenvalue weighted by atomic mass is 10.2. The predicted molar refractivity (Wildman–Crippen MR) is 102 cm³/mol. The largest absolute Gasteiger partial charge is 0.352 e. The monoisotopic (exact) mass is 403 g/mol. The maximum absolute atomic E-state index is 12.5. The van der Waals surface area contributed by atoms with Gasteiger partial charge in [-0.25, -0.2) is 0 Å². The van der Waals surface area contributed by atoms with E-state index < -0.39 is 0 Å². The van der Waals surface area contributed by atoms with Gasteiger partial charge in [-0.2, -0.15) is 4.80 Å². The number of amides is 2. The lowest BCUT2D eigenvalue weighted by Crippen LogP contribution is -2.52. The molecule has 1 aliphatic heterocycles. The zero-order valence-corrected chi connectivity index (χ0v) is 16.2. The number of carbonyl (C=O) groups is 2. The fraction of sp³-hybridized carbons (Fsp3) is 0.500. The second-order valence-corrected chi connectivity index (χ2v) is 7.59. The first kappa shape index (κ1) is 18.8. The summed E-state index contributed by atoms with van der Waals surface area (Å²) in [5.41, 5.74) is 0.793. The van der Waals surface area contributed by atoms with E-state index in [2.05, 4.69) is 25.6 Å². The Morgan fingerprint density at radius 2 is 1.79 bits per heavy atom. The van der Waals surface area contributed by atoms with Gasteiger partial charge in [-0.3, -0.25) is 14.5 Å². The van der Waals surface area contributed by atoms with E-state index in [1.807, 2.05) is 12.1 Å². The Morgan fingerprint density at radius 3 is 2.46 bits per heavy atom. The summed E-state index contributed by atoms with van der Waals surface area (Å²) in [6.07, 6.45) is 2.17. The van der Waals surface area contributed by atoms with Crippen LogP contribution in [0.25, 0.3) is 11.4 Å². The highest BCUT2D eigenvalue weighted by Gasteiger charge is 2.26. The Labute approximate surface area is 167 Å². The summed E-state index contributed by atoms with van der Waals surface area (Å²) < 4.78 is 0. The molecule has 2 heterocycles. The zero-order chi connectivity index (χ0) is 19.5. The first-order valence-corrected chi connectivity index (χ1v) is 9.78. The molecule has 1 saturated heterocycles. The van der Waals surface area contributed by atoms with E-state index in [1.54, 1.807) is 17.0 Å². The molecule has 9 nitrogen and oxygen atoms in total. The number of rotatable bonds is 6. The number of nitrogens with one attached hydrogen (secondary N) is 1. The van der Waals surface area contributed by atoms with Crippen LogP contribution in [0.5, 0.6) is 0 Å². The Kier molecular flexibility index (Phi) is 5.54. The van der Waals surface area contributed by atoms with Gasteiger partial charge in [0.05, 0.1) is 6.54 Å². The first-order valence-electron chi connectivity index (χ1n) is 9.40. The van der Waals surface area contributed by atoms with Crippen molar-refractivity contribution in [1.29, 1.82) is 0 Å². The highest BCUT2D eigenvalue weighted by Crippen LogP contribution is 2.18. The normalized spacial score (nSPS) is 17.5. The molecule has 0 atom stereocenters. The second kappa shape index (κ2) is 8.24. The van der Waals surface area contributed by atoms with Gasteiger partial charge in [-0.15, -0.1) is 10.2 Å². The number of carbonyl (C=O) groups excluding carboxylic acids is 2. The van der Waals surface area contributed by atoms with Crippen molar-refractivity contribution in [2.45, 2.75) is 25.4 Å². The van der Waals surface area contributed by atoms with E-state index in [-0.39, 0.29) is 18.4 Å². The molecule has 1 aromatic carbocycles. The molecule has 0 unspecified atom stereocenters. The van der Waals surface area contributed by atoms with Crippen molar-refractivity contribution in [3.63, 3.8) is 0 Å². The lowest BCUT2D eigenvalue weighted by molar-refractivity contribution is -0.134. The van der Waals surface area contributed by atoms with Crippen LogP contribution in [0.3, 0.4) is 0 Å². The Hall–Kier alpha value is -2.52. The Morgan fingerprint density at radius 1 is 1.07 bits per heavy atom. The maximum atomic E-state index is 12.5. The Balaban J connectivity index is 1.25. The fourth-order valence-electron chi connectivity index (χ4n) is 3.11. The van der Waals surface area contributed by atoms with Crippen molar-refractivity contribution < 1.29 is 9.59 Å². The van der Waals surface area contributed by atoms with Crippen molar-refractivity contribution in [3.8, 4) is 11.4 Å². The highest BCUT2D eigenvalue weighted by molar-refractivity contribution is 6.30. The smallest absolute Gasteiger partial charge is 0.246 e. The molecule has 1 N–H and O–H groups in total. The van der Waals surface area contributed by atoms with Gasteiger partial charge >= 0.3 is 0 Å². The molecule has 1 aliphatic carbocycles. The van der Waals surface area contributed by atoms with Crippen LogP contribution in [-0.2, 0) is 16.1 Å². The van der Waals surface area contributed by atoms with E-state index in [4.69, 9.17) is 11.6 Å². The van der Waals surface area contributed by atoms with Gasteiger partial charge < -0.3 is 10.2 Å². The molecule has 1 saturated carbocycles. The van der Waals surface area contributed by atoms with Gasteiger partial charge in [-0.05, 0) is 42.3 Å². The van der Waals surface area contributed by atoms with Crippen LogP contribution in [0, 0.1) is 0 Å². The molecule has 0 spiro atoms. The SMILES string of the molecule is O=C(CN1CCN(C(=O)Cn2nnc(-c3ccc(Cl)cc3)n2)CC1)NC1CC1. The topological polar surface area (TPSA) is 96.3 Å². The first-order chi connectivity index (χ1) is 13.6. The van der Waals surface area contributed by atoms with Gasteiger partial charge in [0.25, 0.3) is 0 Å². The molecule has 28 heavy (non-hydrogen) atoms. The number of hydrogen-bond acceptors (Lipinski definition) is 6. The summed E-state index contributed by atoms with van der Waals surface area (Å²) >= 11 is 5.88. The number of benzene rings is 1. The lowest BCUT2D eigenvalue weighted by Gasteiger charge is -2.34. The van der Waals surface area contributed by atoms with Crippen LogP contribution in [-0.4, -0.2) is 80.6 Å². The summed E-state index contributed by atoms with van der Waals surface area (Å²) in [7, 11) is 0. The average molecular weight is 404 g/mol. The van der Waals surface area contributed by atoms with Crippen LogP contribution in [0.15, 0.2) is 24.3 Å². The number of aromatic nitrogens is 4. The van der Waals surface area contributed by atoms with Crippen LogP contribution in [0.2, 0.25) is 5.02 Å². The summed E-state index contributed by atoms with van der Waals surface area (Å²) in [6.45, 7) is 2.99. The molecule has 2 aromatic rings. The molecule has 1 aromatic heterocycles. The summed E-state index contributed by atoms with van der Waals surface area (Å²) in [6, 6.07) is 7.51. The third-order valence-corrected chi connectivity index (χ3v) is 5.12. The van der Waals surface area contributed by atoms with Crippen LogP contribution in [0.1, 0.15) is 12.8 Å². The van der Waals surface area contributed by atoms with E-state index in [0.29, 0.717) is 49.6 Å². The van der Waals surface area contributed by atoms with E-state index >= 15 is 0 Å². The molecule has 0 radical (unpaired) electrons. The van der Waals surface area contributed by atoms with Crippen molar-refractivity contribution in [2.75, 3.05) is 32.7 Å². The second-order valence-electron chi connectivity index (χ2n) is 7.15. The Bertz CT molecular complexity index is 842. The molecule has 10 heteroatoms. The van der Waals surface area contributed by atoms with Gasteiger partial charge in [0, 0.05) is 42.8 Å². The van der Waals surface area contributed by atoms with E-state index in [0.717, 1.165) is 18.4 Å². The van der Waals surface area contributed by atoms with Crippen LogP contribution >= 0.6 is 11.6 Å². The number of piperazine rings is 1. The predicted octanol–water partition coefficient (Wildman–Crippen LogP) is 0.416. The molecule has 2 aliphatic rings. The van der Waals surface area contributed by atoms with Gasteiger partial charge in [-0.1, -0.05) is 11.6 Å². The molecule has 0 bridgehead atoms. The quantitative estimate of drug-likeness (QED) is 0.750. The minimum atomic E-state index is -0.0536. The van der Waals surface area contributed by atoms with Crippen molar-refractivity contribution >= 4 is 23.4 Å². The molecule has 2 amide bonds. The highest BCUT2D eigenvalue weighted by atomic mass is 35.5. The number of hydrogen-bond donors (Lipinski definition) is 1. The van der Waals surface area contributed by atoms with Gasteiger partial charge in [0.15, 0.2) is 0 Å². The van der Waals surface area contributed by atoms with Crippen LogP contribution in [0.4, 0.5) is 0 Å². The minimum Gasteiger partial charge on any atom is -0.352 e. The molecule has 4 rings (SSSR count). The fourth-order valence-corrected chi connectivity index (χ4v) is 3.23. The van der Waals surface area contributed by atoms with Crippen molar-refractivity contribution in [1.82, 2.24) is 35.3 Å². The minimum absolute atomic E-state index is 0.0444.